The Morgan fingerprint density at radius 3 is 2.70 bits per heavy atom. The Bertz CT molecular complexity index is 918. The van der Waals surface area contributed by atoms with Crippen molar-refractivity contribution in [3.8, 4) is 12.3 Å². The van der Waals surface area contributed by atoms with E-state index in [4.69, 9.17) is 16.2 Å². The standard InChI is InChI=1S/C22H27NO2.CH4N2O2/c1-4-22(24)10-8-18-16-6-5-15-11-19-14(13-23-25-19)12-20(15,2)17(16)7-9-21(18,22)3;2-1(4)3-5/h1,11,13,16-18,24H,5-10,12H2,2-3H3;5H,(H3,2,3,4). The number of nitrogens with two attached hydrogens (primary N) is 1. The molecule has 4 aliphatic carbocycles. The summed E-state index contributed by atoms with van der Waals surface area (Å²) in [7, 11) is 0. The summed E-state index contributed by atoms with van der Waals surface area (Å²) in [5, 5.41) is 22.5. The molecule has 0 bridgehead atoms. The Balaban J connectivity index is 0.000000393. The summed E-state index contributed by atoms with van der Waals surface area (Å²) in [4.78, 5) is 9.23. The average molecular weight is 414 g/mol. The quantitative estimate of drug-likeness (QED) is 0.295. The molecule has 0 aliphatic heterocycles. The molecule has 0 radical (unpaired) electrons. The highest BCUT2D eigenvalue weighted by Gasteiger charge is 2.63. The lowest BCUT2D eigenvalue weighted by Gasteiger charge is -2.58. The molecule has 5 N–H and O–H groups in total. The summed E-state index contributed by atoms with van der Waals surface area (Å²) in [5.41, 5.74) is 7.45. The molecule has 0 aromatic carbocycles. The van der Waals surface area contributed by atoms with Crippen molar-refractivity contribution in [2.75, 3.05) is 0 Å². The van der Waals surface area contributed by atoms with Crippen LogP contribution in [0.5, 0.6) is 0 Å². The second kappa shape index (κ2) is 7.14. The normalized spacial score (nSPS) is 40.9. The Morgan fingerprint density at radius 2 is 2.03 bits per heavy atom. The van der Waals surface area contributed by atoms with Crippen molar-refractivity contribution in [2.24, 2.45) is 34.3 Å². The molecule has 3 saturated carbocycles. The molecule has 2 amide bonds. The first kappa shape index (κ1) is 21.0. The van der Waals surface area contributed by atoms with Crippen molar-refractivity contribution in [2.45, 2.75) is 64.4 Å². The zero-order valence-corrected chi connectivity index (χ0v) is 17.6. The van der Waals surface area contributed by atoms with Crippen molar-refractivity contribution in [3.63, 3.8) is 0 Å². The smallest absolute Gasteiger partial charge is 0.335 e. The number of rotatable bonds is 0. The lowest BCUT2D eigenvalue weighted by Crippen LogP contribution is -2.54. The summed E-state index contributed by atoms with van der Waals surface area (Å²) >= 11 is 0. The van der Waals surface area contributed by atoms with Gasteiger partial charge >= 0.3 is 6.03 Å². The van der Waals surface area contributed by atoms with Crippen LogP contribution in [0.25, 0.3) is 6.08 Å². The maximum Gasteiger partial charge on any atom is 0.335 e. The van der Waals surface area contributed by atoms with Gasteiger partial charge < -0.3 is 15.4 Å². The molecule has 30 heavy (non-hydrogen) atoms. The zero-order valence-electron chi connectivity index (χ0n) is 17.6. The van der Waals surface area contributed by atoms with Crippen LogP contribution < -0.4 is 11.2 Å². The van der Waals surface area contributed by atoms with Crippen LogP contribution in [0.15, 0.2) is 16.3 Å². The number of terminal acetylenes is 1. The number of carbonyl (C=O) groups excluding carboxylic acids is 1. The first-order chi connectivity index (χ1) is 14.2. The van der Waals surface area contributed by atoms with Crippen LogP contribution in [-0.4, -0.2) is 27.1 Å². The van der Waals surface area contributed by atoms with E-state index >= 15 is 0 Å². The minimum absolute atomic E-state index is 0.114. The van der Waals surface area contributed by atoms with Crippen LogP contribution in [0.4, 0.5) is 4.79 Å². The van der Waals surface area contributed by atoms with Crippen LogP contribution in [0.3, 0.4) is 0 Å². The third-order valence-corrected chi connectivity index (χ3v) is 8.78. The van der Waals surface area contributed by atoms with E-state index in [9.17, 15) is 9.90 Å². The molecule has 1 aromatic heterocycles. The lowest BCUT2D eigenvalue weighted by atomic mass is 9.46. The van der Waals surface area contributed by atoms with Crippen molar-refractivity contribution in [1.82, 2.24) is 10.6 Å². The predicted octanol–water partition coefficient (Wildman–Crippen LogP) is 3.26. The molecular formula is C23H31N3O4. The molecule has 0 saturated heterocycles. The van der Waals surface area contributed by atoms with Gasteiger partial charge in [0.1, 0.15) is 5.60 Å². The average Bonchev–Trinajstić information content (AvgIpc) is 3.28. The number of allylic oxidation sites excluding steroid dienone is 1. The Kier molecular flexibility index (Phi) is 4.99. The molecule has 4 aliphatic rings. The molecule has 1 heterocycles. The number of hydrogen-bond donors (Lipinski definition) is 4. The molecule has 7 heteroatoms. The van der Waals surface area contributed by atoms with Crippen molar-refractivity contribution < 1.29 is 19.6 Å². The van der Waals surface area contributed by atoms with Crippen LogP contribution >= 0.6 is 0 Å². The van der Waals surface area contributed by atoms with Gasteiger partial charge in [0.25, 0.3) is 0 Å². The molecule has 6 atom stereocenters. The topological polar surface area (TPSA) is 122 Å². The number of aromatic nitrogens is 1. The molecule has 0 spiro atoms. The van der Waals surface area contributed by atoms with Gasteiger partial charge in [-0.3, -0.25) is 5.21 Å². The third-order valence-electron chi connectivity index (χ3n) is 8.78. The third kappa shape index (κ3) is 2.89. The van der Waals surface area contributed by atoms with E-state index in [1.807, 2.05) is 6.20 Å². The van der Waals surface area contributed by atoms with Gasteiger partial charge in [0.05, 0.1) is 6.20 Å². The maximum absolute atomic E-state index is 11.1. The number of nitrogens with zero attached hydrogens (tertiary/aromatic N) is 1. The van der Waals surface area contributed by atoms with Crippen LogP contribution in [0.2, 0.25) is 0 Å². The lowest BCUT2D eigenvalue weighted by molar-refractivity contribution is -0.0975. The number of hydroxylamine groups is 1. The van der Waals surface area contributed by atoms with Gasteiger partial charge in [-0.25, -0.2) is 10.3 Å². The number of urea groups is 1. The highest BCUT2D eigenvalue weighted by atomic mass is 16.5. The van der Waals surface area contributed by atoms with Gasteiger partial charge in [0.2, 0.25) is 0 Å². The summed E-state index contributed by atoms with van der Waals surface area (Å²) in [6.45, 7) is 4.71. The van der Waals surface area contributed by atoms with Crippen molar-refractivity contribution in [1.29, 1.82) is 0 Å². The number of nitrogens with one attached hydrogen (secondary N) is 1. The first-order valence-electron chi connectivity index (χ1n) is 10.7. The second-order valence-electron chi connectivity index (χ2n) is 9.87. The molecule has 7 nitrogen and oxygen atoms in total. The fraction of sp³-hybridized carbons (Fsp3) is 0.652. The number of hydrogen-bond acceptors (Lipinski definition) is 5. The summed E-state index contributed by atoms with van der Waals surface area (Å²) in [6, 6.07) is -0.940. The number of aliphatic hydroxyl groups is 1. The minimum Gasteiger partial charge on any atom is -0.377 e. The fourth-order valence-electron chi connectivity index (χ4n) is 7.14. The summed E-state index contributed by atoms with van der Waals surface area (Å²) in [6.07, 6.45) is 17.4. The molecule has 5 rings (SSSR count). The van der Waals surface area contributed by atoms with Gasteiger partial charge in [-0.15, -0.1) is 6.42 Å². The zero-order chi connectivity index (χ0) is 21.7. The first-order valence-corrected chi connectivity index (χ1v) is 10.7. The van der Waals surface area contributed by atoms with Gasteiger partial charge in [-0.05, 0) is 74.2 Å². The SMILES string of the molecule is C#CC1(O)CCC2C3CCC4=Cc5oncc5CC4(C)C3CCC21C.NC(=O)NO. The van der Waals surface area contributed by atoms with E-state index in [2.05, 4.69) is 36.7 Å². The van der Waals surface area contributed by atoms with Crippen LogP contribution in [0, 0.1) is 40.9 Å². The van der Waals surface area contributed by atoms with Gasteiger partial charge in [0.15, 0.2) is 5.76 Å². The van der Waals surface area contributed by atoms with Crippen molar-refractivity contribution >= 4 is 12.1 Å². The highest BCUT2D eigenvalue weighted by Crippen LogP contribution is 2.67. The number of carbonyl (C=O) groups is 1. The van der Waals surface area contributed by atoms with Gasteiger partial charge in [-0.2, -0.15) is 0 Å². The highest BCUT2D eigenvalue weighted by molar-refractivity contribution is 5.69. The van der Waals surface area contributed by atoms with E-state index in [0.29, 0.717) is 17.8 Å². The van der Waals surface area contributed by atoms with E-state index in [0.717, 1.165) is 44.3 Å². The molecule has 1 aromatic rings. The molecular weight excluding hydrogens is 382 g/mol. The van der Waals surface area contributed by atoms with Crippen LogP contribution in [-0.2, 0) is 6.42 Å². The van der Waals surface area contributed by atoms with E-state index in [-0.39, 0.29) is 10.8 Å². The Hall–Kier alpha value is -2.30. The number of primary amides is 1. The van der Waals surface area contributed by atoms with E-state index in [1.165, 1.54) is 17.5 Å². The van der Waals surface area contributed by atoms with E-state index < -0.39 is 11.6 Å². The second-order valence-corrected chi connectivity index (χ2v) is 9.87. The molecule has 162 valence electrons. The largest absolute Gasteiger partial charge is 0.377 e. The monoisotopic (exact) mass is 413 g/mol. The summed E-state index contributed by atoms with van der Waals surface area (Å²) in [5.74, 6) is 5.64. The maximum atomic E-state index is 11.1. The van der Waals surface area contributed by atoms with Crippen LogP contribution in [0.1, 0.15) is 63.7 Å². The number of amides is 2. The molecule has 6 unspecified atom stereocenters. The molecule has 3 fully saturated rings. The van der Waals surface area contributed by atoms with Gasteiger partial charge in [0, 0.05) is 11.0 Å². The predicted molar refractivity (Wildman–Crippen MR) is 111 cm³/mol. The number of fused-ring (bicyclic) bond motifs is 6. The van der Waals surface area contributed by atoms with E-state index in [1.54, 1.807) is 5.57 Å². The Morgan fingerprint density at radius 1 is 1.33 bits per heavy atom. The van der Waals surface area contributed by atoms with Gasteiger partial charge in [-0.1, -0.05) is 30.5 Å². The Labute approximate surface area is 177 Å². The van der Waals surface area contributed by atoms with Crippen molar-refractivity contribution in [3.05, 3.63) is 23.1 Å². The summed E-state index contributed by atoms with van der Waals surface area (Å²) < 4.78 is 5.43. The minimum atomic E-state index is -0.940. The fourth-order valence-corrected chi connectivity index (χ4v) is 7.14.